The molecule has 0 aliphatic carbocycles. The van der Waals surface area contributed by atoms with Gasteiger partial charge in [0.1, 0.15) is 0 Å². The molecule has 1 atom stereocenters. The summed E-state index contributed by atoms with van der Waals surface area (Å²) in [5, 5.41) is 12.4. The van der Waals surface area contributed by atoms with E-state index in [9.17, 15) is 0 Å². The summed E-state index contributed by atoms with van der Waals surface area (Å²) in [6.45, 7) is 5.69. The van der Waals surface area contributed by atoms with Crippen LogP contribution in [0.25, 0.3) is 0 Å². The molecule has 0 bridgehead atoms. The minimum Gasteiger partial charge on any atom is -0.385 e. The topological polar surface area (TPSA) is 39.1 Å². The third-order valence-corrected chi connectivity index (χ3v) is 4.38. The molecule has 0 spiro atoms. The molecule has 1 aliphatic rings. The summed E-state index contributed by atoms with van der Waals surface area (Å²) >= 11 is 3.43. The lowest BCUT2D eigenvalue weighted by Crippen LogP contribution is -2.38. The van der Waals surface area contributed by atoms with E-state index in [-0.39, 0.29) is 0 Å². The molecule has 0 radical (unpaired) electrons. The molecule has 1 N–H and O–H groups in total. The molecule has 1 unspecified atom stereocenters. The average Bonchev–Trinajstić information content (AvgIpc) is 2.44. The number of piperidine rings is 1. The number of nitrogens with zero attached hydrogens (tertiary/aromatic N) is 2. The van der Waals surface area contributed by atoms with E-state index in [1.54, 1.807) is 0 Å². The molecule has 4 heteroatoms. The quantitative estimate of drug-likeness (QED) is 0.826. The molecule has 1 aromatic rings. The number of hydrogen-bond donors (Lipinski definition) is 1. The van der Waals surface area contributed by atoms with Crippen LogP contribution in [0.4, 0.5) is 5.69 Å². The molecule has 108 valence electrons. The number of benzene rings is 1. The fraction of sp³-hybridized carbons (Fsp3) is 0.562. The van der Waals surface area contributed by atoms with Gasteiger partial charge in [-0.15, -0.1) is 0 Å². The van der Waals surface area contributed by atoms with Crippen molar-refractivity contribution < 1.29 is 0 Å². The van der Waals surface area contributed by atoms with Crippen molar-refractivity contribution in [2.75, 3.05) is 25.0 Å². The Labute approximate surface area is 130 Å². The Bertz CT molecular complexity index is 481. The van der Waals surface area contributed by atoms with E-state index in [4.69, 9.17) is 5.26 Å². The van der Waals surface area contributed by atoms with Crippen LogP contribution in [0.2, 0.25) is 0 Å². The number of nitriles is 1. The molecule has 3 nitrogen and oxygen atoms in total. The van der Waals surface area contributed by atoms with Crippen molar-refractivity contribution in [3.63, 3.8) is 0 Å². The largest absolute Gasteiger partial charge is 0.385 e. The van der Waals surface area contributed by atoms with Gasteiger partial charge in [0.25, 0.3) is 0 Å². The SMILES string of the molecule is CC1CCCCN1CCCNc1cc(Br)cc(C#N)c1. The molecular weight excluding hydrogens is 314 g/mol. The minimum atomic E-state index is 0.687. The van der Waals surface area contributed by atoms with Crippen LogP contribution >= 0.6 is 15.9 Å². The van der Waals surface area contributed by atoms with E-state index in [2.05, 4.69) is 39.1 Å². The Morgan fingerprint density at radius 1 is 1.40 bits per heavy atom. The Hall–Kier alpha value is -1.05. The van der Waals surface area contributed by atoms with Crippen LogP contribution in [0, 0.1) is 11.3 Å². The second-order valence-corrected chi connectivity index (χ2v) is 6.42. The van der Waals surface area contributed by atoms with E-state index in [1.165, 1.54) is 25.8 Å². The van der Waals surface area contributed by atoms with E-state index in [1.807, 2.05) is 18.2 Å². The first-order valence-electron chi connectivity index (χ1n) is 7.37. The number of likely N-dealkylation sites (tertiary alicyclic amines) is 1. The van der Waals surface area contributed by atoms with Gasteiger partial charge in [-0.3, -0.25) is 0 Å². The predicted octanol–water partition coefficient (Wildman–Crippen LogP) is 4.00. The smallest absolute Gasteiger partial charge is 0.0992 e. The summed E-state index contributed by atoms with van der Waals surface area (Å²) in [6.07, 6.45) is 5.20. The van der Waals surface area contributed by atoms with E-state index >= 15 is 0 Å². The monoisotopic (exact) mass is 335 g/mol. The zero-order chi connectivity index (χ0) is 14.4. The maximum absolute atomic E-state index is 8.95. The van der Waals surface area contributed by atoms with Gasteiger partial charge >= 0.3 is 0 Å². The highest BCUT2D eigenvalue weighted by Crippen LogP contribution is 2.19. The predicted molar refractivity (Wildman–Crippen MR) is 86.8 cm³/mol. The summed E-state index contributed by atoms with van der Waals surface area (Å²) in [5.41, 5.74) is 1.70. The number of rotatable bonds is 5. The van der Waals surface area contributed by atoms with Crippen LogP contribution in [-0.4, -0.2) is 30.6 Å². The van der Waals surface area contributed by atoms with E-state index in [0.29, 0.717) is 5.56 Å². The first-order chi connectivity index (χ1) is 9.69. The van der Waals surface area contributed by atoms with Crippen molar-refractivity contribution in [3.8, 4) is 6.07 Å². The molecular formula is C16H22BrN3. The second-order valence-electron chi connectivity index (χ2n) is 5.50. The first-order valence-corrected chi connectivity index (χ1v) is 8.17. The van der Waals surface area contributed by atoms with Crippen molar-refractivity contribution in [2.45, 2.75) is 38.6 Å². The molecule has 2 rings (SSSR count). The molecule has 20 heavy (non-hydrogen) atoms. The lowest BCUT2D eigenvalue weighted by atomic mass is 10.0. The van der Waals surface area contributed by atoms with Crippen molar-refractivity contribution in [3.05, 3.63) is 28.2 Å². The standard InChI is InChI=1S/C16H22BrN3/c1-13-5-2-3-7-20(13)8-4-6-19-16-10-14(12-18)9-15(17)11-16/h9-11,13,19H,2-8H2,1H3. The minimum absolute atomic E-state index is 0.687. The maximum atomic E-state index is 8.95. The molecule has 1 aromatic carbocycles. The highest BCUT2D eigenvalue weighted by molar-refractivity contribution is 9.10. The molecule has 1 heterocycles. The Kier molecular flexibility index (Phi) is 5.87. The van der Waals surface area contributed by atoms with Gasteiger partial charge in [0.05, 0.1) is 11.6 Å². The number of anilines is 1. The zero-order valence-electron chi connectivity index (χ0n) is 12.0. The Balaban J connectivity index is 1.76. The molecule has 1 fully saturated rings. The molecule has 0 aromatic heterocycles. The van der Waals surface area contributed by atoms with Crippen LogP contribution < -0.4 is 5.32 Å². The lowest BCUT2D eigenvalue weighted by Gasteiger charge is -2.33. The third-order valence-electron chi connectivity index (χ3n) is 3.92. The summed E-state index contributed by atoms with van der Waals surface area (Å²) in [4.78, 5) is 2.59. The third kappa shape index (κ3) is 4.50. The summed E-state index contributed by atoms with van der Waals surface area (Å²) in [6, 6.07) is 8.66. The molecule has 1 aliphatic heterocycles. The van der Waals surface area contributed by atoms with Gasteiger partial charge in [0.2, 0.25) is 0 Å². The van der Waals surface area contributed by atoms with Crippen molar-refractivity contribution in [1.29, 1.82) is 5.26 Å². The fourth-order valence-electron chi connectivity index (χ4n) is 2.76. The maximum Gasteiger partial charge on any atom is 0.0992 e. The van der Waals surface area contributed by atoms with Gasteiger partial charge in [-0.1, -0.05) is 22.4 Å². The van der Waals surface area contributed by atoms with Gasteiger partial charge < -0.3 is 10.2 Å². The Morgan fingerprint density at radius 2 is 2.25 bits per heavy atom. The fourth-order valence-corrected chi connectivity index (χ4v) is 3.25. The highest BCUT2D eigenvalue weighted by Gasteiger charge is 2.16. The summed E-state index contributed by atoms with van der Waals surface area (Å²) in [7, 11) is 0. The number of halogens is 1. The van der Waals surface area contributed by atoms with Gasteiger partial charge in [0.15, 0.2) is 0 Å². The normalized spacial score (nSPS) is 19.6. The van der Waals surface area contributed by atoms with Crippen molar-refractivity contribution >= 4 is 21.6 Å². The van der Waals surface area contributed by atoms with Crippen LogP contribution in [0.1, 0.15) is 38.2 Å². The van der Waals surface area contributed by atoms with E-state index in [0.717, 1.165) is 35.7 Å². The molecule has 0 amide bonds. The van der Waals surface area contributed by atoms with Crippen molar-refractivity contribution in [1.82, 2.24) is 4.90 Å². The van der Waals surface area contributed by atoms with Gasteiger partial charge in [0, 0.05) is 29.3 Å². The van der Waals surface area contributed by atoms with Crippen molar-refractivity contribution in [2.24, 2.45) is 0 Å². The Morgan fingerprint density at radius 3 is 3.00 bits per heavy atom. The van der Waals surface area contributed by atoms with Gasteiger partial charge in [-0.05, 0) is 50.9 Å². The molecule has 1 saturated heterocycles. The number of nitrogens with one attached hydrogen (secondary N) is 1. The average molecular weight is 336 g/mol. The summed E-state index contributed by atoms with van der Waals surface area (Å²) in [5.74, 6) is 0. The lowest BCUT2D eigenvalue weighted by molar-refractivity contribution is 0.160. The first kappa shape index (κ1) is 15.3. The van der Waals surface area contributed by atoms with Crippen LogP contribution in [0.15, 0.2) is 22.7 Å². The van der Waals surface area contributed by atoms with Gasteiger partial charge in [-0.2, -0.15) is 5.26 Å². The zero-order valence-corrected chi connectivity index (χ0v) is 13.6. The van der Waals surface area contributed by atoms with Crippen LogP contribution in [0.3, 0.4) is 0 Å². The summed E-state index contributed by atoms with van der Waals surface area (Å²) < 4.78 is 0.948. The van der Waals surface area contributed by atoms with Gasteiger partial charge in [-0.25, -0.2) is 0 Å². The van der Waals surface area contributed by atoms with Crippen LogP contribution in [0.5, 0.6) is 0 Å². The highest BCUT2D eigenvalue weighted by atomic mass is 79.9. The number of hydrogen-bond acceptors (Lipinski definition) is 3. The van der Waals surface area contributed by atoms with E-state index < -0.39 is 0 Å². The van der Waals surface area contributed by atoms with Crippen LogP contribution in [-0.2, 0) is 0 Å². The second kappa shape index (κ2) is 7.66. The molecule has 0 saturated carbocycles.